The molecule has 7 heteroatoms. The van der Waals surface area contributed by atoms with Gasteiger partial charge < -0.3 is 14.5 Å². The first kappa shape index (κ1) is 24.6. The van der Waals surface area contributed by atoms with Crippen LogP contribution in [-0.4, -0.2) is 67.9 Å². The molecule has 5 rings (SSSR count). The first-order valence-corrected chi connectivity index (χ1v) is 12.6. The molecule has 2 aliphatic rings. The lowest BCUT2D eigenvalue weighted by molar-refractivity contribution is -0.141. The van der Waals surface area contributed by atoms with Crippen molar-refractivity contribution in [2.24, 2.45) is 0 Å². The molecule has 0 saturated carbocycles. The summed E-state index contributed by atoms with van der Waals surface area (Å²) in [5.74, 6) is 0.124. The molecule has 3 aromatic carbocycles. The molecule has 0 N–H and O–H groups in total. The lowest BCUT2D eigenvalue weighted by Gasteiger charge is -2.38. The SMILES string of the molecule is COc1ccccc1N1CCN(C(=O)CC2(c3ccc(-c4ccccc4)cc3)CC(=O)N(C)C2=O)CC1. The Morgan fingerprint density at radius 2 is 1.46 bits per heavy atom. The molecule has 3 amide bonds. The van der Waals surface area contributed by atoms with Gasteiger partial charge in [-0.15, -0.1) is 0 Å². The average molecular weight is 498 g/mol. The fraction of sp³-hybridized carbons (Fsp3) is 0.300. The van der Waals surface area contributed by atoms with Gasteiger partial charge in [-0.05, 0) is 28.8 Å². The van der Waals surface area contributed by atoms with Crippen LogP contribution in [0.3, 0.4) is 0 Å². The van der Waals surface area contributed by atoms with Gasteiger partial charge in [0, 0.05) is 46.1 Å². The van der Waals surface area contributed by atoms with Crippen molar-refractivity contribution in [1.29, 1.82) is 0 Å². The number of piperazine rings is 1. The summed E-state index contributed by atoms with van der Waals surface area (Å²) in [6, 6.07) is 25.5. The third-order valence-electron chi connectivity index (χ3n) is 7.60. The van der Waals surface area contributed by atoms with Crippen LogP contribution in [0.15, 0.2) is 78.9 Å². The van der Waals surface area contributed by atoms with Gasteiger partial charge >= 0.3 is 0 Å². The minimum atomic E-state index is -1.18. The maximum atomic E-state index is 13.5. The van der Waals surface area contributed by atoms with Gasteiger partial charge in [0.25, 0.3) is 0 Å². The number of amides is 3. The van der Waals surface area contributed by atoms with Gasteiger partial charge in [-0.2, -0.15) is 0 Å². The Morgan fingerprint density at radius 3 is 2.08 bits per heavy atom. The normalized spacial score (nSPS) is 19.9. The number of rotatable bonds is 6. The van der Waals surface area contributed by atoms with E-state index < -0.39 is 5.41 Å². The van der Waals surface area contributed by atoms with E-state index in [-0.39, 0.29) is 30.6 Å². The van der Waals surface area contributed by atoms with Crippen LogP contribution < -0.4 is 9.64 Å². The molecule has 0 aliphatic carbocycles. The highest BCUT2D eigenvalue weighted by atomic mass is 16.5. The van der Waals surface area contributed by atoms with E-state index in [9.17, 15) is 14.4 Å². The van der Waals surface area contributed by atoms with Crippen LogP contribution in [0.25, 0.3) is 11.1 Å². The molecule has 7 nitrogen and oxygen atoms in total. The molecule has 1 atom stereocenters. The van der Waals surface area contributed by atoms with Gasteiger partial charge in [-0.1, -0.05) is 66.7 Å². The van der Waals surface area contributed by atoms with Crippen LogP contribution in [0.4, 0.5) is 5.69 Å². The lowest BCUT2D eigenvalue weighted by Crippen LogP contribution is -2.51. The van der Waals surface area contributed by atoms with Crippen molar-refractivity contribution in [2.45, 2.75) is 18.3 Å². The molecule has 0 bridgehead atoms. The van der Waals surface area contributed by atoms with Crippen molar-refractivity contribution in [2.75, 3.05) is 45.2 Å². The maximum absolute atomic E-state index is 13.5. The molecule has 0 aromatic heterocycles. The number of ether oxygens (including phenoxy) is 1. The first-order valence-electron chi connectivity index (χ1n) is 12.6. The van der Waals surface area contributed by atoms with Gasteiger partial charge in [0.2, 0.25) is 17.7 Å². The monoisotopic (exact) mass is 497 g/mol. The van der Waals surface area contributed by atoms with Crippen molar-refractivity contribution < 1.29 is 19.1 Å². The first-order chi connectivity index (χ1) is 17.9. The molecule has 2 fully saturated rings. The predicted molar refractivity (Wildman–Crippen MR) is 142 cm³/mol. The number of nitrogens with zero attached hydrogens (tertiary/aromatic N) is 3. The number of carbonyl (C=O) groups excluding carboxylic acids is 3. The number of anilines is 1. The standard InChI is InChI=1S/C30H31N3O4/c1-31-27(34)20-30(29(31)36,24-14-12-23(13-15-24)22-8-4-3-5-9-22)21-28(35)33-18-16-32(17-19-33)25-10-6-7-11-26(25)37-2/h3-15H,16-21H2,1-2H3. The molecular formula is C30H31N3O4. The summed E-state index contributed by atoms with van der Waals surface area (Å²) in [5.41, 5.74) is 2.61. The third-order valence-corrected chi connectivity index (χ3v) is 7.60. The van der Waals surface area contributed by atoms with Crippen LogP contribution >= 0.6 is 0 Å². The van der Waals surface area contributed by atoms with Gasteiger partial charge in [-0.3, -0.25) is 19.3 Å². The second-order valence-electron chi connectivity index (χ2n) is 9.68. The molecule has 2 aliphatic heterocycles. The Morgan fingerprint density at radius 1 is 0.838 bits per heavy atom. The third kappa shape index (κ3) is 4.57. The summed E-state index contributed by atoms with van der Waals surface area (Å²) >= 11 is 0. The maximum Gasteiger partial charge on any atom is 0.240 e. The van der Waals surface area contributed by atoms with Gasteiger partial charge in [0.1, 0.15) is 5.75 Å². The van der Waals surface area contributed by atoms with E-state index in [0.29, 0.717) is 31.7 Å². The Bertz CT molecular complexity index is 1300. The fourth-order valence-corrected chi connectivity index (χ4v) is 5.42. The van der Waals surface area contributed by atoms with Gasteiger partial charge in [0.15, 0.2) is 0 Å². The van der Waals surface area contributed by atoms with E-state index in [0.717, 1.165) is 27.5 Å². The number of carbonyl (C=O) groups is 3. The zero-order chi connectivity index (χ0) is 26.0. The molecule has 190 valence electrons. The number of likely N-dealkylation sites (tertiary alicyclic amines) is 1. The number of imide groups is 1. The van der Waals surface area contributed by atoms with Crippen LogP contribution in [-0.2, 0) is 19.8 Å². The Balaban J connectivity index is 1.35. The quantitative estimate of drug-likeness (QED) is 0.486. The number of hydrogen-bond acceptors (Lipinski definition) is 5. The topological polar surface area (TPSA) is 70.2 Å². The number of methoxy groups -OCH3 is 1. The van der Waals surface area contributed by atoms with E-state index in [1.54, 1.807) is 7.11 Å². The highest BCUT2D eigenvalue weighted by molar-refractivity contribution is 6.10. The molecule has 0 radical (unpaired) electrons. The number of likely N-dealkylation sites (N-methyl/N-ethyl adjacent to an activating group) is 1. The largest absolute Gasteiger partial charge is 0.495 e. The zero-order valence-corrected chi connectivity index (χ0v) is 21.2. The number of benzene rings is 3. The zero-order valence-electron chi connectivity index (χ0n) is 21.2. The summed E-state index contributed by atoms with van der Waals surface area (Å²) in [6.45, 7) is 2.41. The molecular weight excluding hydrogens is 466 g/mol. The van der Waals surface area contributed by atoms with E-state index in [2.05, 4.69) is 4.90 Å². The fourth-order valence-electron chi connectivity index (χ4n) is 5.42. The van der Waals surface area contributed by atoms with Crippen LogP contribution in [0.5, 0.6) is 5.75 Å². The summed E-state index contributed by atoms with van der Waals surface area (Å²) in [6.07, 6.45) is -0.0266. The van der Waals surface area contributed by atoms with Crippen LogP contribution in [0.1, 0.15) is 18.4 Å². The summed E-state index contributed by atoms with van der Waals surface area (Å²) in [4.78, 5) is 44.8. The van der Waals surface area contributed by atoms with E-state index in [1.165, 1.54) is 7.05 Å². The predicted octanol–water partition coefficient (Wildman–Crippen LogP) is 3.73. The lowest BCUT2D eigenvalue weighted by atomic mass is 9.75. The molecule has 3 aromatic rings. The highest BCUT2D eigenvalue weighted by Crippen LogP contribution is 2.40. The summed E-state index contributed by atoms with van der Waals surface area (Å²) < 4.78 is 5.50. The highest BCUT2D eigenvalue weighted by Gasteiger charge is 2.53. The van der Waals surface area contributed by atoms with Gasteiger partial charge in [-0.25, -0.2) is 0 Å². The summed E-state index contributed by atoms with van der Waals surface area (Å²) in [5, 5.41) is 0. The smallest absolute Gasteiger partial charge is 0.240 e. The van der Waals surface area contributed by atoms with Gasteiger partial charge in [0.05, 0.1) is 18.2 Å². The average Bonchev–Trinajstić information content (AvgIpc) is 3.17. The van der Waals surface area contributed by atoms with Crippen molar-refractivity contribution in [3.05, 3.63) is 84.4 Å². The summed E-state index contributed by atoms with van der Waals surface area (Å²) in [7, 11) is 3.16. The van der Waals surface area contributed by atoms with Crippen LogP contribution in [0, 0.1) is 0 Å². The van der Waals surface area contributed by atoms with E-state index in [4.69, 9.17) is 4.74 Å². The number of para-hydroxylation sites is 2. The van der Waals surface area contributed by atoms with Crippen molar-refractivity contribution in [3.63, 3.8) is 0 Å². The van der Waals surface area contributed by atoms with E-state index >= 15 is 0 Å². The molecule has 37 heavy (non-hydrogen) atoms. The van der Waals surface area contributed by atoms with E-state index in [1.807, 2.05) is 83.8 Å². The Labute approximate surface area is 217 Å². The van der Waals surface area contributed by atoms with Crippen molar-refractivity contribution in [3.8, 4) is 16.9 Å². The van der Waals surface area contributed by atoms with Crippen molar-refractivity contribution >= 4 is 23.4 Å². The molecule has 0 spiro atoms. The molecule has 1 unspecified atom stereocenters. The minimum Gasteiger partial charge on any atom is -0.495 e. The second kappa shape index (κ2) is 10.1. The molecule has 2 saturated heterocycles. The molecule has 2 heterocycles. The van der Waals surface area contributed by atoms with Crippen LogP contribution in [0.2, 0.25) is 0 Å². The second-order valence-corrected chi connectivity index (χ2v) is 9.68. The Kier molecular flexibility index (Phi) is 6.70. The Hall–Kier alpha value is -4.13. The number of hydrogen-bond donors (Lipinski definition) is 0. The van der Waals surface area contributed by atoms with Crippen molar-refractivity contribution in [1.82, 2.24) is 9.80 Å². The minimum absolute atomic E-state index is 0.0000633.